The van der Waals surface area contributed by atoms with E-state index in [2.05, 4.69) is 35.7 Å². The van der Waals surface area contributed by atoms with Crippen molar-refractivity contribution in [1.29, 1.82) is 0 Å². The van der Waals surface area contributed by atoms with Crippen LogP contribution in [0.4, 0.5) is 5.13 Å². The number of likely N-dealkylation sites (N-methyl/N-ethyl adjacent to an activating group) is 1. The van der Waals surface area contributed by atoms with E-state index in [9.17, 15) is 4.79 Å². The third-order valence-electron chi connectivity index (χ3n) is 3.60. The standard InChI is InChI=1S/C14H23N3OS/c1-11(2)13-12(10-18)19-14(15-13)16(3)8-9-17-6-4-5-7-17/h10-11H,4-9H2,1-3H3. The molecule has 0 saturated carbocycles. The van der Waals surface area contributed by atoms with Gasteiger partial charge in [0.25, 0.3) is 0 Å². The van der Waals surface area contributed by atoms with Crippen LogP contribution in [0.25, 0.3) is 0 Å². The first-order valence-corrected chi connectivity index (χ1v) is 7.83. The molecule has 0 bridgehead atoms. The maximum absolute atomic E-state index is 11.1. The van der Waals surface area contributed by atoms with Crippen molar-refractivity contribution < 1.29 is 4.79 Å². The van der Waals surface area contributed by atoms with E-state index in [1.54, 1.807) is 0 Å². The van der Waals surface area contributed by atoms with Gasteiger partial charge in [-0.2, -0.15) is 0 Å². The van der Waals surface area contributed by atoms with Crippen LogP contribution < -0.4 is 4.90 Å². The number of thiazole rings is 1. The molecule has 4 nitrogen and oxygen atoms in total. The number of nitrogens with zero attached hydrogens (tertiary/aromatic N) is 3. The van der Waals surface area contributed by atoms with Crippen LogP contribution >= 0.6 is 11.3 Å². The van der Waals surface area contributed by atoms with Crippen LogP contribution in [-0.2, 0) is 0 Å². The number of aldehydes is 1. The van der Waals surface area contributed by atoms with Gasteiger partial charge < -0.3 is 9.80 Å². The van der Waals surface area contributed by atoms with Crippen molar-refractivity contribution in [2.24, 2.45) is 0 Å². The molecule has 0 radical (unpaired) electrons. The van der Waals surface area contributed by atoms with Gasteiger partial charge in [0, 0.05) is 20.1 Å². The van der Waals surface area contributed by atoms with Crippen LogP contribution in [0.1, 0.15) is 48.0 Å². The van der Waals surface area contributed by atoms with Crippen molar-refractivity contribution >= 4 is 22.8 Å². The summed E-state index contributed by atoms with van der Waals surface area (Å²) < 4.78 is 0. The maximum atomic E-state index is 11.1. The smallest absolute Gasteiger partial charge is 0.186 e. The van der Waals surface area contributed by atoms with Gasteiger partial charge in [-0.15, -0.1) is 0 Å². The minimum Gasteiger partial charge on any atom is -0.350 e. The second-order valence-electron chi connectivity index (χ2n) is 5.49. The molecule has 5 heteroatoms. The van der Waals surface area contributed by atoms with Crippen molar-refractivity contribution in [2.45, 2.75) is 32.6 Å². The topological polar surface area (TPSA) is 36.4 Å². The molecule has 1 aliphatic heterocycles. The molecule has 0 unspecified atom stereocenters. The molecule has 1 fully saturated rings. The van der Waals surface area contributed by atoms with Crippen molar-refractivity contribution in [3.8, 4) is 0 Å². The molecule has 106 valence electrons. The quantitative estimate of drug-likeness (QED) is 0.751. The predicted molar refractivity (Wildman–Crippen MR) is 80.5 cm³/mol. The Labute approximate surface area is 119 Å². The second-order valence-corrected chi connectivity index (χ2v) is 6.50. The first kappa shape index (κ1) is 14.5. The van der Waals surface area contributed by atoms with Gasteiger partial charge in [0.1, 0.15) is 0 Å². The molecule has 1 aromatic rings. The summed E-state index contributed by atoms with van der Waals surface area (Å²) in [6, 6.07) is 0. The summed E-state index contributed by atoms with van der Waals surface area (Å²) in [6.07, 6.45) is 3.59. The number of hydrogen-bond acceptors (Lipinski definition) is 5. The number of carbonyl (C=O) groups excluding carboxylic acids is 1. The van der Waals surface area contributed by atoms with E-state index >= 15 is 0 Å². The Morgan fingerprint density at radius 3 is 2.63 bits per heavy atom. The maximum Gasteiger partial charge on any atom is 0.186 e. The Bertz CT molecular complexity index is 424. The summed E-state index contributed by atoms with van der Waals surface area (Å²) in [5.41, 5.74) is 0.933. The summed E-state index contributed by atoms with van der Waals surface area (Å²) in [6.45, 7) is 8.67. The molecule has 1 aliphatic rings. The number of carbonyl (C=O) groups is 1. The first-order chi connectivity index (χ1) is 9.11. The van der Waals surface area contributed by atoms with Crippen molar-refractivity contribution in [1.82, 2.24) is 9.88 Å². The third kappa shape index (κ3) is 3.54. The highest BCUT2D eigenvalue weighted by atomic mass is 32.1. The molecule has 1 aromatic heterocycles. The molecule has 0 aromatic carbocycles. The zero-order valence-corrected chi connectivity index (χ0v) is 12.9. The van der Waals surface area contributed by atoms with E-state index in [-0.39, 0.29) is 0 Å². The van der Waals surface area contributed by atoms with Gasteiger partial charge in [0.2, 0.25) is 0 Å². The third-order valence-corrected chi connectivity index (χ3v) is 4.71. The van der Waals surface area contributed by atoms with E-state index in [1.165, 1.54) is 37.3 Å². The molecule has 2 rings (SSSR count). The Balaban J connectivity index is 1.97. The summed E-state index contributed by atoms with van der Waals surface area (Å²) in [7, 11) is 2.06. The highest BCUT2D eigenvalue weighted by Crippen LogP contribution is 2.28. The van der Waals surface area contributed by atoms with E-state index in [4.69, 9.17) is 0 Å². The number of aromatic nitrogens is 1. The zero-order valence-electron chi connectivity index (χ0n) is 12.1. The Hall–Kier alpha value is -0.940. The lowest BCUT2D eigenvalue weighted by Crippen LogP contribution is -2.31. The fourth-order valence-electron chi connectivity index (χ4n) is 2.39. The van der Waals surface area contributed by atoms with Crippen molar-refractivity contribution in [2.75, 3.05) is 38.1 Å². The lowest BCUT2D eigenvalue weighted by Gasteiger charge is -2.20. The number of anilines is 1. The lowest BCUT2D eigenvalue weighted by atomic mass is 10.1. The Morgan fingerprint density at radius 1 is 1.42 bits per heavy atom. The summed E-state index contributed by atoms with van der Waals surface area (Å²) in [5, 5.41) is 0.963. The van der Waals surface area contributed by atoms with Crippen LogP contribution in [0.15, 0.2) is 0 Å². The minimum absolute atomic E-state index is 0.303. The molecule has 2 heterocycles. The van der Waals surface area contributed by atoms with E-state index in [0.29, 0.717) is 5.92 Å². The van der Waals surface area contributed by atoms with Gasteiger partial charge >= 0.3 is 0 Å². The highest BCUT2D eigenvalue weighted by Gasteiger charge is 2.17. The number of hydrogen-bond donors (Lipinski definition) is 0. The highest BCUT2D eigenvalue weighted by molar-refractivity contribution is 7.17. The second kappa shape index (κ2) is 6.48. The minimum atomic E-state index is 0.303. The van der Waals surface area contributed by atoms with Crippen molar-refractivity contribution in [3.05, 3.63) is 10.6 Å². The molecule has 0 aliphatic carbocycles. The molecular formula is C14H23N3OS. The largest absolute Gasteiger partial charge is 0.350 e. The SMILES string of the molecule is CC(C)c1nc(N(C)CCN2CCCC2)sc1C=O. The van der Waals surface area contributed by atoms with E-state index < -0.39 is 0 Å². The first-order valence-electron chi connectivity index (χ1n) is 7.01. The summed E-state index contributed by atoms with van der Waals surface area (Å²) in [4.78, 5) is 21.1. The average molecular weight is 281 g/mol. The molecule has 0 atom stereocenters. The van der Waals surface area contributed by atoms with E-state index in [1.807, 2.05) is 0 Å². The van der Waals surface area contributed by atoms with Crippen LogP contribution in [0.2, 0.25) is 0 Å². The van der Waals surface area contributed by atoms with E-state index in [0.717, 1.165) is 35.1 Å². The predicted octanol–water partition coefficient (Wildman–Crippen LogP) is 2.61. The zero-order chi connectivity index (χ0) is 13.8. The van der Waals surface area contributed by atoms with Crippen LogP contribution in [0.5, 0.6) is 0 Å². The molecule has 0 N–H and O–H groups in total. The molecule has 1 saturated heterocycles. The van der Waals surface area contributed by atoms with Crippen LogP contribution in [0.3, 0.4) is 0 Å². The van der Waals surface area contributed by atoms with Gasteiger partial charge in [-0.05, 0) is 31.8 Å². The van der Waals surface area contributed by atoms with Crippen molar-refractivity contribution in [3.63, 3.8) is 0 Å². The lowest BCUT2D eigenvalue weighted by molar-refractivity contribution is 0.112. The van der Waals surface area contributed by atoms with Crippen LogP contribution in [0, 0.1) is 0 Å². The van der Waals surface area contributed by atoms with Gasteiger partial charge in [0.15, 0.2) is 11.4 Å². The monoisotopic (exact) mass is 281 g/mol. The fraction of sp³-hybridized carbons (Fsp3) is 0.714. The molecular weight excluding hydrogens is 258 g/mol. The summed E-state index contributed by atoms with van der Waals surface area (Å²) in [5.74, 6) is 0.303. The number of likely N-dealkylation sites (tertiary alicyclic amines) is 1. The molecule has 0 spiro atoms. The van der Waals surface area contributed by atoms with Gasteiger partial charge in [0.05, 0.1) is 10.6 Å². The summed E-state index contributed by atoms with van der Waals surface area (Å²) >= 11 is 1.51. The fourth-order valence-corrected chi connectivity index (χ4v) is 3.41. The molecule has 0 amide bonds. The molecule has 19 heavy (non-hydrogen) atoms. The Morgan fingerprint density at radius 2 is 2.11 bits per heavy atom. The Kier molecular flexibility index (Phi) is 4.93. The average Bonchev–Trinajstić information content (AvgIpc) is 3.04. The normalized spacial score (nSPS) is 16.2. The van der Waals surface area contributed by atoms with Gasteiger partial charge in [-0.1, -0.05) is 25.2 Å². The number of rotatable bonds is 6. The van der Waals surface area contributed by atoms with Gasteiger partial charge in [-0.25, -0.2) is 4.98 Å². The van der Waals surface area contributed by atoms with Crippen LogP contribution in [-0.4, -0.2) is 49.4 Å². The van der Waals surface area contributed by atoms with Gasteiger partial charge in [-0.3, -0.25) is 4.79 Å².